The highest BCUT2D eigenvalue weighted by atomic mass is 35.5. The van der Waals surface area contributed by atoms with E-state index in [1.807, 2.05) is 12.1 Å². The lowest BCUT2D eigenvalue weighted by Gasteiger charge is -2.08. The number of H-pyrrole nitrogens is 1. The lowest BCUT2D eigenvalue weighted by atomic mass is 10.1. The highest BCUT2D eigenvalue weighted by molar-refractivity contribution is 7.92. The summed E-state index contributed by atoms with van der Waals surface area (Å²) >= 11 is 5.91. The quantitative estimate of drug-likeness (QED) is 0.726. The SMILES string of the molecule is CS(=O)(=O)Nc1cc(-c2cnc3[nH]ccc3c2)cnc1Cl. The maximum absolute atomic E-state index is 11.3. The third-order valence-corrected chi connectivity index (χ3v) is 3.76. The van der Waals surface area contributed by atoms with Crippen LogP contribution in [0.15, 0.2) is 36.8 Å². The van der Waals surface area contributed by atoms with Crippen molar-refractivity contribution in [3.63, 3.8) is 0 Å². The van der Waals surface area contributed by atoms with Crippen molar-refractivity contribution in [3.05, 3.63) is 41.9 Å². The average molecular weight is 323 g/mol. The van der Waals surface area contributed by atoms with Crippen LogP contribution in [-0.4, -0.2) is 29.6 Å². The first kappa shape index (κ1) is 13.8. The van der Waals surface area contributed by atoms with Crippen molar-refractivity contribution in [2.75, 3.05) is 11.0 Å². The summed E-state index contributed by atoms with van der Waals surface area (Å²) in [5, 5.41) is 1.06. The summed E-state index contributed by atoms with van der Waals surface area (Å²) in [6.07, 6.45) is 6.13. The van der Waals surface area contributed by atoms with Crippen LogP contribution < -0.4 is 4.72 Å². The summed E-state index contributed by atoms with van der Waals surface area (Å²) in [5.74, 6) is 0. The zero-order valence-electron chi connectivity index (χ0n) is 11.0. The molecule has 3 heterocycles. The van der Waals surface area contributed by atoms with Gasteiger partial charge in [0.2, 0.25) is 10.0 Å². The fourth-order valence-corrected chi connectivity index (χ4v) is 2.74. The number of anilines is 1. The molecule has 0 bridgehead atoms. The van der Waals surface area contributed by atoms with E-state index in [0.29, 0.717) is 0 Å². The van der Waals surface area contributed by atoms with E-state index in [1.165, 1.54) is 0 Å². The van der Waals surface area contributed by atoms with Crippen LogP contribution in [0.3, 0.4) is 0 Å². The van der Waals surface area contributed by atoms with Gasteiger partial charge in [-0.05, 0) is 18.2 Å². The number of sulfonamides is 1. The monoisotopic (exact) mass is 322 g/mol. The molecule has 0 saturated carbocycles. The van der Waals surface area contributed by atoms with E-state index in [-0.39, 0.29) is 10.8 Å². The molecule has 8 heteroatoms. The van der Waals surface area contributed by atoms with Gasteiger partial charge in [0.15, 0.2) is 5.15 Å². The van der Waals surface area contributed by atoms with Crippen molar-refractivity contribution in [1.82, 2.24) is 15.0 Å². The third kappa shape index (κ3) is 2.98. The second-order valence-electron chi connectivity index (χ2n) is 4.58. The highest BCUT2D eigenvalue weighted by Gasteiger charge is 2.10. The summed E-state index contributed by atoms with van der Waals surface area (Å²) in [6.45, 7) is 0. The minimum atomic E-state index is -3.42. The van der Waals surface area contributed by atoms with E-state index in [0.717, 1.165) is 28.4 Å². The molecule has 3 rings (SSSR count). The van der Waals surface area contributed by atoms with Crippen LogP contribution >= 0.6 is 11.6 Å². The van der Waals surface area contributed by atoms with Crippen molar-refractivity contribution in [2.45, 2.75) is 0 Å². The van der Waals surface area contributed by atoms with Crippen LogP contribution in [-0.2, 0) is 10.0 Å². The normalized spacial score (nSPS) is 11.7. The molecule has 3 aromatic heterocycles. The molecule has 108 valence electrons. The molecule has 2 N–H and O–H groups in total. The molecule has 0 aliphatic rings. The van der Waals surface area contributed by atoms with E-state index in [2.05, 4.69) is 19.7 Å². The molecule has 0 aliphatic heterocycles. The summed E-state index contributed by atoms with van der Waals surface area (Å²) in [6, 6.07) is 5.48. The number of pyridine rings is 2. The molecule has 0 saturated heterocycles. The minimum Gasteiger partial charge on any atom is -0.346 e. The fraction of sp³-hybridized carbons (Fsp3) is 0.0769. The number of halogens is 1. The number of nitrogens with zero attached hydrogens (tertiary/aromatic N) is 2. The lowest BCUT2D eigenvalue weighted by molar-refractivity contribution is 0.607. The smallest absolute Gasteiger partial charge is 0.229 e. The van der Waals surface area contributed by atoms with Crippen molar-refractivity contribution >= 4 is 38.3 Å². The van der Waals surface area contributed by atoms with Crippen LogP contribution in [0.5, 0.6) is 0 Å². The van der Waals surface area contributed by atoms with Gasteiger partial charge < -0.3 is 4.98 Å². The van der Waals surface area contributed by atoms with Gasteiger partial charge in [0, 0.05) is 35.1 Å². The molecular weight excluding hydrogens is 312 g/mol. The zero-order valence-corrected chi connectivity index (χ0v) is 12.5. The molecule has 0 aromatic carbocycles. The Bertz CT molecular complexity index is 921. The number of nitrogens with one attached hydrogen (secondary N) is 2. The maximum atomic E-state index is 11.3. The van der Waals surface area contributed by atoms with Crippen LogP contribution in [0.25, 0.3) is 22.2 Å². The standard InChI is InChI=1S/C13H11ClN4O2S/c1-21(19,20)18-11-5-10(6-16-12(11)14)9-4-8-2-3-15-13(8)17-7-9/h2-7,18H,1H3,(H,15,17). The van der Waals surface area contributed by atoms with Gasteiger partial charge in [-0.15, -0.1) is 0 Å². The molecule has 3 aromatic rings. The first-order valence-corrected chi connectivity index (χ1v) is 8.26. The van der Waals surface area contributed by atoms with Gasteiger partial charge >= 0.3 is 0 Å². The van der Waals surface area contributed by atoms with Crippen molar-refractivity contribution in [2.24, 2.45) is 0 Å². The largest absolute Gasteiger partial charge is 0.346 e. The second kappa shape index (κ2) is 5.01. The molecule has 0 aliphatic carbocycles. The van der Waals surface area contributed by atoms with Crippen molar-refractivity contribution in [3.8, 4) is 11.1 Å². The molecule has 0 radical (unpaired) electrons. The Hall–Kier alpha value is -2.12. The van der Waals surface area contributed by atoms with E-state index >= 15 is 0 Å². The molecule has 0 atom stereocenters. The van der Waals surface area contributed by atoms with Gasteiger partial charge in [-0.1, -0.05) is 11.6 Å². The zero-order chi connectivity index (χ0) is 15.0. The Balaban J connectivity index is 2.07. The molecular formula is C13H11ClN4O2S. The van der Waals surface area contributed by atoms with Crippen LogP contribution in [0, 0.1) is 0 Å². The fourth-order valence-electron chi connectivity index (χ4n) is 1.97. The third-order valence-electron chi connectivity index (χ3n) is 2.87. The van der Waals surface area contributed by atoms with Gasteiger partial charge in [0.25, 0.3) is 0 Å². The van der Waals surface area contributed by atoms with E-state index in [1.54, 1.807) is 24.7 Å². The van der Waals surface area contributed by atoms with E-state index in [4.69, 9.17) is 11.6 Å². The number of aromatic amines is 1. The van der Waals surface area contributed by atoms with Gasteiger partial charge in [0.1, 0.15) is 5.65 Å². The van der Waals surface area contributed by atoms with E-state index < -0.39 is 10.0 Å². The van der Waals surface area contributed by atoms with Gasteiger partial charge in [0.05, 0.1) is 11.9 Å². The molecule has 6 nitrogen and oxygen atoms in total. The number of aromatic nitrogens is 3. The second-order valence-corrected chi connectivity index (χ2v) is 6.68. The van der Waals surface area contributed by atoms with Crippen molar-refractivity contribution in [1.29, 1.82) is 0 Å². The Morgan fingerprint density at radius 3 is 2.67 bits per heavy atom. The topological polar surface area (TPSA) is 87.7 Å². The van der Waals surface area contributed by atoms with Crippen LogP contribution in [0.1, 0.15) is 0 Å². The molecule has 0 unspecified atom stereocenters. The summed E-state index contributed by atoms with van der Waals surface area (Å²) in [5.41, 5.74) is 2.57. The van der Waals surface area contributed by atoms with Gasteiger partial charge in [-0.2, -0.15) is 0 Å². The number of rotatable bonds is 3. The summed E-state index contributed by atoms with van der Waals surface area (Å²) < 4.78 is 25.0. The lowest BCUT2D eigenvalue weighted by Crippen LogP contribution is -2.10. The number of hydrogen-bond donors (Lipinski definition) is 2. The Labute approximate surface area is 126 Å². The first-order valence-electron chi connectivity index (χ1n) is 5.99. The average Bonchev–Trinajstić information content (AvgIpc) is 2.87. The van der Waals surface area contributed by atoms with Gasteiger partial charge in [-0.25, -0.2) is 18.4 Å². The van der Waals surface area contributed by atoms with Crippen molar-refractivity contribution < 1.29 is 8.42 Å². The predicted molar refractivity (Wildman–Crippen MR) is 82.8 cm³/mol. The highest BCUT2D eigenvalue weighted by Crippen LogP contribution is 2.28. The number of hydrogen-bond acceptors (Lipinski definition) is 4. The Kier molecular flexibility index (Phi) is 3.30. The molecule has 21 heavy (non-hydrogen) atoms. The summed E-state index contributed by atoms with van der Waals surface area (Å²) in [7, 11) is -3.42. The van der Waals surface area contributed by atoms with Crippen LogP contribution in [0.2, 0.25) is 5.15 Å². The maximum Gasteiger partial charge on any atom is 0.229 e. The van der Waals surface area contributed by atoms with Gasteiger partial charge in [-0.3, -0.25) is 4.72 Å². The number of fused-ring (bicyclic) bond motifs is 1. The predicted octanol–water partition coefficient (Wildman–Crippen LogP) is 2.65. The summed E-state index contributed by atoms with van der Waals surface area (Å²) in [4.78, 5) is 11.3. The molecule has 0 amide bonds. The minimum absolute atomic E-state index is 0.0971. The Morgan fingerprint density at radius 1 is 1.19 bits per heavy atom. The first-order chi connectivity index (χ1) is 9.92. The molecule has 0 spiro atoms. The molecule has 0 fully saturated rings. The van der Waals surface area contributed by atoms with E-state index in [9.17, 15) is 8.42 Å². The van der Waals surface area contributed by atoms with Crippen LogP contribution in [0.4, 0.5) is 5.69 Å². The Morgan fingerprint density at radius 2 is 1.90 bits per heavy atom.